The van der Waals surface area contributed by atoms with E-state index in [1.54, 1.807) is 4.90 Å². The maximum atomic E-state index is 14.2. The number of aromatic nitrogens is 1. The predicted molar refractivity (Wildman–Crippen MR) is 149 cm³/mol. The van der Waals surface area contributed by atoms with Crippen molar-refractivity contribution in [3.63, 3.8) is 0 Å². The Balaban J connectivity index is 1.70. The molecule has 8 nitrogen and oxygen atoms in total. The van der Waals surface area contributed by atoms with Gasteiger partial charge in [0.05, 0.1) is 23.9 Å². The second-order valence-electron chi connectivity index (χ2n) is 10.6. The third-order valence-electron chi connectivity index (χ3n) is 6.54. The van der Waals surface area contributed by atoms with Crippen LogP contribution in [0.1, 0.15) is 36.8 Å². The van der Waals surface area contributed by atoms with E-state index in [1.807, 2.05) is 99.3 Å². The number of ether oxygens (including phenoxy) is 1. The highest BCUT2D eigenvalue weighted by atomic mass is 16.6. The van der Waals surface area contributed by atoms with Crippen LogP contribution in [-0.4, -0.2) is 82.4 Å². The van der Waals surface area contributed by atoms with Crippen LogP contribution in [0, 0.1) is 6.92 Å². The van der Waals surface area contributed by atoms with Crippen molar-refractivity contribution in [2.75, 3.05) is 39.3 Å². The van der Waals surface area contributed by atoms with Crippen LogP contribution in [0.5, 0.6) is 0 Å². The normalized spacial score (nSPS) is 16.0. The van der Waals surface area contributed by atoms with E-state index in [9.17, 15) is 14.7 Å². The molecule has 1 aliphatic rings. The van der Waals surface area contributed by atoms with Crippen LogP contribution in [-0.2, 0) is 4.74 Å². The molecule has 0 spiro atoms. The molecule has 1 aromatic heterocycles. The first-order valence-corrected chi connectivity index (χ1v) is 13.1. The maximum absolute atomic E-state index is 14.2. The Hall–Kier alpha value is -3.62. The Morgan fingerprint density at radius 2 is 1.68 bits per heavy atom. The van der Waals surface area contributed by atoms with Crippen LogP contribution in [0.15, 0.2) is 66.7 Å². The zero-order chi connectivity index (χ0) is 27.3. The van der Waals surface area contributed by atoms with Crippen LogP contribution < -0.4 is 5.32 Å². The summed E-state index contributed by atoms with van der Waals surface area (Å²) in [6, 6.07) is 21.7. The number of rotatable bonds is 7. The van der Waals surface area contributed by atoms with Gasteiger partial charge in [-0.3, -0.25) is 4.79 Å². The van der Waals surface area contributed by atoms with Gasteiger partial charge in [0.15, 0.2) is 0 Å². The van der Waals surface area contributed by atoms with Gasteiger partial charge in [0, 0.05) is 44.1 Å². The zero-order valence-corrected chi connectivity index (χ0v) is 22.7. The van der Waals surface area contributed by atoms with Gasteiger partial charge in [-0.25, -0.2) is 4.79 Å². The van der Waals surface area contributed by atoms with Gasteiger partial charge < -0.3 is 29.5 Å². The minimum Gasteiger partial charge on any atom is -0.444 e. The molecule has 2 heterocycles. The molecule has 2 aromatic carbocycles. The Morgan fingerprint density at radius 1 is 1.03 bits per heavy atom. The number of benzene rings is 2. The van der Waals surface area contributed by atoms with Crippen molar-refractivity contribution < 1.29 is 19.4 Å². The van der Waals surface area contributed by atoms with Gasteiger partial charge >= 0.3 is 6.09 Å². The van der Waals surface area contributed by atoms with Crippen molar-refractivity contribution in [3.8, 4) is 16.9 Å². The third-order valence-corrected chi connectivity index (χ3v) is 6.54. The molecule has 0 radical (unpaired) electrons. The summed E-state index contributed by atoms with van der Waals surface area (Å²) < 4.78 is 7.72. The molecule has 0 unspecified atom stereocenters. The first-order valence-electron chi connectivity index (χ1n) is 13.1. The average molecular weight is 519 g/mol. The van der Waals surface area contributed by atoms with E-state index in [4.69, 9.17) is 4.74 Å². The molecule has 8 heteroatoms. The van der Waals surface area contributed by atoms with E-state index in [-0.39, 0.29) is 24.6 Å². The lowest BCUT2D eigenvalue weighted by Crippen LogP contribution is -2.60. The first kappa shape index (κ1) is 27.4. The monoisotopic (exact) mass is 518 g/mol. The van der Waals surface area contributed by atoms with Crippen LogP contribution >= 0.6 is 0 Å². The molecule has 2 N–H and O–H groups in total. The molecule has 0 aliphatic carbocycles. The molecule has 1 saturated heterocycles. The summed E-state index contributed by atoms with van der Waals surface area (Å²) in [5.41, 5.74) is 3.76. The number of hydrogen-bond donors (Lipinski definition) is 2. The van der Waals surface area contributed by atoms with Crippen LogP contribution in [0.3, 0.4) is 0 Å². The molecule has 4 rings (SSSR count). The van der Waals surface area contributed by atoms with Gasteiger partial charge in [0.1, 0.15) is 5.60 Å². The number of carbonyl (C=O) groups is 2. The summed E-state index contributed by atoms with van der Waals surface area (Å²) in [4.78, 5) is 30.6. The molecule has 0 saturated carbocycles. The Kier molecular flexibility index (Phi) is 8.54. The molecule has 38 heavy (non-hydrogen) atoms. The lowest BCUT2D eigenvalue weighted by molar-refractivity contribution is 0.00440. The van der Waals surface area contributed by atoms with Gasteiger partial charge in [-0.05, 0) is 51.5 Å². The van der Waals surface area contributed by atoms with Crippen LogP contribution in [0.4, 0.5) is 4.79 Å². The minimum atomic E-state index is -0.600. The predicted octanol–water partition coefficient (Wildman–Crippen LogP) is 4.10. The van der Waals surface area contributed by atoms with Crippen molar-refractivity contribution in [2.45, 2.75) is 39.3 Å². The number of nitrogens with one attached hydrogen (secondary N) is 1. The highest BCUT2D eigenvalue weighted by Gasteiger charge is 2.36. The maximum Gasteiger partial charge on any atom is 0.410 e. The number of amides is 2. The third kappa shape index (κ3) is 6.26. The molecular weight excluding hydrogens is 480 g/mol. The van der Waals surface area contributed by atoms with E-state index >= 15 is 0 Å². The molecule has 1 fully saturated rings. The summed E-state index contributed by atoms with van der Waals surface area (Å²) in [6.07, 6.45) is -0.382. The van der Waals surface area contributed by atoms with Gasteiger partial charge in [-0.15, -0.1) is 0 Å². The SMILES string of the molecule is Cc1cc(C(=O)N2CCN(C(=O)OC(C)(C)C)C[C@H]2CNCCO)c(-c2ccccc2)n1-c1ccccc1. The number of piperazine rings is 1. The van der Waals surface area contributed by atoms with E-state index in [1.165, 1.54) is 0 Å². The molecular formula is C30H38N4O4. The summed E-state index contributed by atoms with van der Waals surface area (Å²) in [5.74, 6) is -0.0822. The Labute approximate surface area is 224 Å². The van der Waals surface area contributed by atoms with Gasteiger partial charge in [0.25, 0.3) is 5.91 Å². The minimum absolute atomic E-state index is 0.00623. The fraction of sp³-hybridized carbons (Fsp3) is 0.400. The molecule has 202 valence electrons. The fourth-order valence-corrected chi connectivity index (χ4v) is 4.88. The van der Waals surface area contributed by atoms with E-state index < -0.39 is 5.60 Å². The lowest BCUT2D eigenvalue weighted by atomic mass is 10.0. The quantitative estimate of drug-likeness (QED) is 0.460. The molecule has 3 aromatic rings. The topological polar surface area (TPSA) is 87.0 Å². The second-order valence-corrected chi connectivity index (χ2v) is 10.6. The van der Waals surface area contributed by atoms with Gasteiger partial charge in [-0.2, -0.15) is 0 Å². The smallest absolute Gasteiger partial charge is 0.410 e. The highest BCUT2D eigenvalue weighted by Crippen LogP contribution is 2.32. The number of aryl methyl sites for hydroxylation is 1. The number of carbonyl (C=O) groups excluding carboxylic acids is 2. The lowest BCUT2D eigenvalue weighted by Gasteiger charge is -2.41. The van der Waals surface area contributed by atoms with Crippen molar-refractivity contribution in [3.05, 3.63) is 78.0 Å². The number of aliphatic hydroxyl groups excluding tert-OH is 1. The van der Waals surface area contributed by atoms with Crippen molar-refractivity contribution >= 4 is 12.0 Å². The van der Waals surface area contributed by atoms with Crippen molar-refractivity contribution in [1.29, 1.82) is 0 Å². The summed E-state index contributed by atoms with van der Waals surface area (Å²) in [6.45, 7) is 9.50. The molecule has 1 atom stereocenters. The average Bonchev–Trinajstić information content (AvgIpc) is 3.25. The van der Waals surface area contributed by atoms with Crippen LogP contribution in [0.2, 0.25) is 0 Å². The fourth-order valence-electron chi connectivity index (χ4n) is 4.88. The van der Waals surface area contributed by atoms with E-state index in [0.717, 1.165) is 22.6 Å². The number of para-hydroxylation sites is 1. The zero-order valence-electron chi connectivity index (χ0n) is 22.7. The highest BCUT2D eigenvalue weighted by molar-refractivity contribution is 6.01. The number of nitrogens with zero attached hydrogens (tertiary/aromatic N) is 3. The van der Waals surface area contributed by atoms with Crippen LogP contribution in [0.25, 0.3) is 16.9 Å². The second kappa shape index (κ2) is 11.8. The van der Waals surface area contributed by atoms with E-state index in [2.05, 4.69) is 9.88 Å². The molecule has 1 aliphatic heterocycles. The summed E-state index contributed by atoms with van der Waals surface area (Å²) >= 11 is 0. The standard InChI is InChI=1S/C30H38N4O4/c1-22-19-26(27(23-11-7-5-8-12-23)34(22)24-13-9-6-10-14-24)28(36)33-17-16-32(29(37)38-30(2,3)4)21-25(33)20-31-15-18-35/h5-14,19,25,31,35H,15-18,20-21H2,1-4H3/t25-/m1/s1. The van der Waals surface area contributed by atoms with Crippen molar-refractivity contribution in [2.24, 2.45) is 0 Å². The number of hydrogen-bond acceptors (Lipinski definition) is 5. The summed E-state index contributed by atoms with van der Waals surface area (Å²) in [5, 5.41) is 12.5. The Morgan fingerprint density at radius 3 is 2.32 bits per heavy atom. The summed E-state index contributed by atoms with van der Waals surface area (Å²) in [7, 11) is 0. The molecule has 2 amide bonds. The largest absolute Gasteiger partial charge is 0.444 e. The first-order chi connectivity index (χ1) is 18.2. The molecule has 0 bridgehead atoms. The van der Waals surface area contributed by atoms with E-state index in [0.29, 0.717) is 38.3 Å². The number of aliphatic hydroxyl groups is 1. The van der Waals surface area contributed by atoms with Gasteiger partial charge in [0.2, 0.25) is 0 Å². The van der Waals surface area contributed by atoms with Crippen molar-refractivity contribution in [1.82, 2.24) is 19.7 Å². The van der Waals surface area contributed by atoms with Gasteiger partial charge in [-0.1, -0.05) is 48.5 Å². The Bertz CT molecular complexity index is 1230.